The van der Waals surface area contributed by atoms with Gasteiger partial charge >= 0.3 is 6.18 Å². The van der Waals surface area contributed by atoms with Crippen molar-refractivity contribution >= 4 is 11.6 Å². The highest BCUT2D eigenvalue weighted by molar-refractivity contribution is 5.51. The summed E-state index contributed by atoms with van der Waals surface area (Å²) in [6.45, 7) is 3.76. The van der Waals surface area contributed by atoms with Crippen LogP contribution in [0.1, 0.15) is 54.1 Å². The predicted molar refractivity (Wildman–Crippen MR) is 131 cm³/mol. The van der Waals surface area contributed by atoms with Crippen LogP contribution in [-0.2, 0) is 19.0 Å². The van der Waals surface area contributed by atoms with Gasteiger partial charge in [0, 0.05) is 18.3 Å². The number of nitrogens with one attached hydrogen (secondary N) is 1. The van der Waals surface area contributed by atoms with Crippen molar-refractivity contribution in [2.24, 2.45) is 5.73 Å². The van der Waals surface area contributed by atoms with E-state index in [1.165, 1.54) is 0 Å². The zero-order chi connectivity index (χ0) is 25.9. The predicted octanol–water partition coefficient (Wildman–Crippen LogP) is 3.87. The maximum Gasteiger partial charge on any atom is 0.419 e. The lowest BCUT2D eigenvalue weighted by molar-refractivity contribution is -0.138. The molecule has 1 aliphatic rings. The Morgan fingerprint density at radius 1 is 1.17 bits per heavy atom. The van der Waals surface area contributed by atoms with Crippen LogP contribution in [-0.4, -0.2) is 56.1 Å². The smallest absolute Gasteiger partial charge is 0.378 e. The number of hydrogen-bond donors (Lipinski definition) is 3. The van der Waals surface area contributed by atoms with E-state index < -0.39 is 18.0 Å². The quantitative estimate of drug-likeness (QED) is 0.401. The number of likely N-dealkylation sites (tertiary alicyclic amines) is 1. The molecule has 8 nitrogen and oxygen atoms in total. The molecule has 0 radical (unpaired) electrons. The number of aryl methyl sites for hydroxylation is 2. The second kappa shape index (κ2) is 10.9. The molecular weight excluding hydrogens is 471 g/mol. The highest BCUT2D eigenvalue weighted by atomic mass is 19.4. The van der Waals surface area contributed by atoms with E-state index in [-0.39, 0.29) is 30.0 Å². The van der Waals surface area contributed by atoms with E-state index in [0.29, 0.717) is 12.1 Å². The van der Waals surface area contributed by atoms with Crippen LogP contribution < -0.4 is 11.1 Å². The van der Waals surface area contributed by atoms with Crippen molar-refractivity contribution in [2.75, 3.05) is 25.5 Å². The van der Waals surface area contributed by atoms with Crippen molar-refractivity contribution in [3.8, 4) is 0 Å². The van der Waals surface area contributed by atoms with Crippen molar-refractivity contribution in [1.29, 1.82) is 0 Å². The molecule has 3 heterocycles. The summed E-state index contributed by atoms with van der Waals surface area (Å²) in [7, 11) is 2.09. The van der Waals surface area contributed by atoms with Gasteiger partial charge in [-0.2, -0.15) is 18.3 Å². The van der Waals surface area contributed by atoms with Gasteiger partial charge in [-0.15, -0.1) is 0 Å². The van der Waals surface area contributed by atoms with Gasteiger partial charge in [-0.3, -0.25) is 4.68 Å². The molecule has 0 bridgehead atoms. The molecule has 0 spiro atoms. The van der Waals surface area contributed by atoms with E-state index >= 15 is 0 Å². The van der Waals surface area contributed by atoms with Crippen LogP contribution in [0.2, 0.25) is 0 Å². The van der Waals surface area contributed by atoms with Crippen LogP contribution in [0.25, 0.3) is 0 Å². The van der Waals surface area contributed by atoms with Crippen LogP contribution in [0.5, 0.6) is 0 Å². The number of piperidine rings is 1. The van der Waals surface area contributed by atoms with Crippen molar-refractivity contribution in [3.63, 3.8) is 0 Å². The first kappa shape index (κ1) is 26.1. The van der Waals surface area contributed by atoms with Crippen molar-refractivity contribution in [2.45, 2.75) is 57.0 Å². The Hall–Kier alpha value is -3.02. The van der Waals surface area contributed by atoms with E-state index in [4.69, 9.17) is 5.73 Å². The number of aliphatic hydroxyl groups excluding tert-OH is 1. The number of nitrogens with two attached hydrogens (primary N) is 1. The van der Waals surface area contributed by atoms with E-state index in [0.717, 1.165) is 43.3 Å². The topological polar surface area (TPSA) is 105 Å². The zero-order valence-corrected chi connectivity index (χ0v) is 20.4. The molecule has 0 amide bonds. The Morgan fingerprint density at radius 2 is 1.89 bits per heavy atom. The van der Waals surface area contributed by atoms with Crippen molar-refractivity contribution in [3.05, 3.63) is 65.2 Å². The Bertz CT molecular complexity index is 1160. The highest BCUT2D eigenvalue weighted by Crippen LogP contribution is 2.33. The summed E-state index contributed by atoms with van der Waals surface area (Å²) in [5.41, 5.74) is 6.92. The van der Waals surface area contributed by atoms with E-state index in [9.17, 15) is 18.3 Å². The molecule has 11 heteroatoms. The second-order valence-electron chi connectivity index (χ2n) is 9.40. The summed E-state index contributed by atoms with van der Waals surface area (Å²) in [5.74, 6) is -0.271. The molecule has 36 heavy (non-hydrogen) atoms. The maximum absolute atomic E-state index is 13.7. The number of benzene rings is 1. The molecule has 0 aliphatic carbocycles. The largest absolute Gasteiger partial charge is 0.419 e. The Kier molecular flexibility index (Phi) is 7.91. The number of hydrogen-bond acceptors (Lipinski definition) is 7. The number of anilines is 2. The average Bonchev–Trinajstić information content (AvgIpc) is 3.30. The van der Waals surface area contributed by atoms with Crippen LogP contribution in [0.15, 0.2) is 42.9 Å². The van der Waals surface area contributed by atoms with Gasteiger partial charge in [0.2, 0.25) is 5.95 Å². The monoisotopic (exact) mass is 503 g/mol. The fourth-order valence-corrected chi connectivity index (χ4v) is 4.54. The molecule has 2 atom stereocenters. The number of halogens is 3. The number of rotatable bonds is 8. The minimum Gasteiger partial charge on any atom is -0.378 e. The molecule has 194 valence electrons. The molecule has 2 aromatic heterocycles. The van der Waals surface area contributed by atoms with E-state index in [1.54, 1.807) is 13.1 Å². The van der Waals surface area contributed by atoms with Crippen LogP contribution in [0, 0.1) is 0 Å². The zero-order valence-electron chi connectivity index (χ0n) is 20.4. The number of aromatic nitrogens is 4. The minimum atomic E-state index is -4.58. The van der Waals surface area contributed by atoms with E-state index in [2.05, 4.69) is 32.3 Å². The third-order valence-electron chi connectivity index (χ3n) is 6.78. The highest BCUT2D eigenvalue weighted by Gasteiger charge is 2.35. The molecule has 1 fully saturated rings. The molecule has 1 aliphatic heterocycles. The lowest BCUT2D eigenvalue weighted by atomic mass is 9.91. The fraction of sp³-hybridized carbons (Fsp3) is 0.480. The molecule has 4 N–H and O–H groups in total. The van der Waals surface area contributed by atoms with Crippen LogP contribution in [0.3, 0.4) is 0 Å². The van der Waals surface area contributed by atoms with Gasteiger partial charge in [0.25, 0.3) is 0 Å². The normalized spacial score (nSPS) is 17.2. The summed E-state index contributed by atoms with van der Waals surface area (Å²) in [6, 6.07) is 7.58. The SMILES string of the molecule is CC(c1ccccc1CCc1nc(Nc2cnn(C3CCN(C)CC3)c2)ncc1C(F)(F)F)C(N)O. The molecule has 0 saturated carbocycles. The Labute approximate surface area is 208 Å². The molecule has 1 saturated heterocycles. The summed E-state index contributed by atoms with van der Waals surface area (Å²) in [5, 5.41) is 17.2. The number of aliphatic hydroxyl groups is 1. The fourth-order valence-electron chi connectivity index (χ4n) is 4.54. The van der Waals surface area contributed by atoms with Crippen molar-refractivity contribution in [1.82, 2.24) is 24.6 Å². The third kappa shape index (κ3) is 6.21. The summed E-state index contributed by atoms with van der Waals surface area (Å²) < 4.78 is 43.0. The van der Waals surface area contributed by atoms with Gasteiger partial charge in [-0.1, -0.05) is 31.2 Å². The molecule has 4 rings (SSSR count). The first-order valence-corrected chi connectivity index (χ1v) is 12.1. The average molecular weight is 504 g/mol. The van der Waals surface area contributed by atoms with Gasteiger partial charge in [0.15, 0.2) is 0 Å². The van der Waals surface area contributed by atoms with Gasteiger partial charge in [0.1, 0.15) is 6.23 Å². The number of nitrogens with zero attached hydrogens (tertiary/aromatic N) is 5. The Balaban J connectivity index is 1.53. The number of alkyl halides is 3. The van der Waals surface area contributed by atoms with Gasteiger partial charge < -0.3 is 21.1 Å². The maximum atomic E-state index is 13.7. The van der Waals surface area contributed by atoms with Crippen LogP contribution in [0.4, 0.5) is 24.8 Å². The molecule has 2 unspecified atom stereocenters. The van der Waals surface area contributed by atoms with Gasteiger partial charge in [-0.05, 0) is 56.9 Å². The van der Waals surface area contributed by atoms with Crippen molar-refractivity contribution < 1.29 is 18.3 Å². The summed E-state index contributed by atoms with van der Waals surface area (Å²) in [6.07, 6.45) is 0.979. The molecule has 1 aromatic carbocycles. The lowest BCUT2D eigenvalue weighted by Crippen LogP contribution is -2.31. The lowest BCUT2D eigenvalue weighted by Gasteiger charge is -2.28. The van der Waals surface area contributed by atoms with E-state index in [1.807, 2.05) is 35.1 Å². The second-order valence-corrected chi connectivity index (χ2v) is 9.40. The Morgan fingerprint density at radius 3 is 2.58 bits per heavy atom. The van der Waals surface area contributed by atoms with Gasteiger partial charge in [0.05, 0.1) is 29.2 Å². The third-order valence-corrected chi connectivity index (χ3v) is 6.78. The van der Waals surface area contributed by atoms with Crippen LogP contribution >= 0.6 is 0 Å². The summed E-state index contributed by atoms with van der Waals surface area (Å²) in [4.78, 5) is 10.4. The summed E-state index contributed by atoms with van der Waals surface area (Å²) >= 11 is 0. The molecule has 3 aromatic rings. The van der Waals surface area contributed by atoms with Gasteiger partial charge in [-0.25, -0.2) is 9.97 Å². The molecular formula is C25H32F3N7O. The minimum absolute atomic E-state index is 0.0469. The standard InChI is InChI=1S/C25H32F3N7O/c1-16(23(29)36)20-6-4-3-5-17(20)7-8-22-21(25(26,27)28)14-30-24(33-22)32-18-13-31-35(15-18)19-9-11-34(2)12-10-19/h3-6,13-16,19,23,36H,7-12,29H2,1-2H3,(H,30,32,33). The first-order valence-electron chi connectivity index (χ1n) is 12.1. The first-order chi connectivity index (χ1) is 17.1.